The Hall–Kier alpha value is -3.99. The molecule has 8 nitrogen and oxygen atoms in total. The summed E-state index contributed by atoms with van der Waals surface area (Å²) >= 11 is 0. The lowest BCUT2D eigenvalue weighted by atomic mass is 10.2. The van der Waals surface area contributed by atoms with Crippen LogP contribution in [0.5, 0.6) is 23.0 Å². The number of aromatic hydroxyl groups is 3. The molecule has 0 aliphatic heterocycles. The molecular formula is C18H14N4O4. The summed E-state index contributed by atoms with van der Waals surface area (Å²) < 4.78 is 6.74. The number of phenols is 3. The van der Waals surface area contributed by atoms with Crippen LogP contribution in [0.15, 0.2) is 47.7 Å². The van der Waals surface area contributed by atoms with Crippen molar-refractivity contribution >= 4 is 12.0 Å². The van der Waals surface area contributed by atoms with Crippen molar-refractivity contribution in [2.24, 2.45) is 4.99 Å². The normalized spacial score (nSPS) is 10.8. The summed E-state index contributed by atoms with van der Waals surface area (Å²) in [5.74, 6) is -0.589. The highest BCUT2D eigenvalue weighted by Crippen LogP contribution is 2.35. The number of phenolic OH excluding ortho intramolecular Hbond substituents is 3. The Morgan fingerprint density at radius 3 is 2.38 bits per heavy atom. The largest absolute Gasteiger partial charge is 0.504 e. The molecule has 3 aromatic rings. The highest BCUT2D eigenvalue weighted by molar-refractivity contribution is 5.84. The van der Waals surface area contributed by atoms with Crippen LogP contribution in [0.4, 0.5) is 5.82 Å². The van der Waals surface area contributed by atoms with Crippen molar-refractivity contribution in [1.29, 1.82) is 5.26 Å². The molecule has 0 saturated carbocycles. The zero-order valence-corrected chi connectivity index (χ0v) is 13.7. The van der Waals surface area contributed by atoms with Crippen molar-refractivity contribution in [3.8, 4) is 34.8 Å². The number of rotatable bonds is 4. The predicted octanol–water partition coefficient (Wildman–Crippen LogP) is 2.62. The second kappa shape index (κ2) is 6.86. The first-order valence-electron chi connectivity index (χ1n) is 7.44. The van der Waals surface area contributed by atoms with E-state index in [9.17, 15) is 20.6 Å². The highest BCUT2D eigenvalue weighted by atomic mass is 16.5. The van der Waals surface area contributed by atoms with Crippen LogP contribution in [0.3, 0.4) is 0 Å². The number of hydrogen-bond donors (Lipinski definition) is 3. The maximum absolute atomic E-state index is 9.57. The molecule has 3 rings (SSSR count). The molecule has 0 bridgehead atoms. The molecule has 3 N–H and O–H groups in total. The standard InChI is InChI=1S/C18H14N4O4/c1-26-13-4-2-12(3-5-13)22-10-21-14(8-19)18(22)20-9-11-6-15(23)17(25)16(24)7-11/h2-7,9-10,23-25H,1H3. The molecule has 0 unspecified atom stereocenters. The third-order valence-electron chi connectivity index (χ3n) is 3.63. The fourth-order valence-corrected chi connectivity index (χ4v) is 2.31. The third kappa shape index (κ3) is 3.14. The topological polar surface area (TPSA) is 124 Å². The van der Waals surface area contributed by atoms with E-state index in [0.29, 0.717) is 11.3 Å². The lowest BCUT2D eigenvalue weighted by Gasteiger charge is -2.06. The minimum atomic E-state index is -0.608. The van der Waals surface area contributed by atoms with Crippen LogP contribution >= 0.6 is 0 Å². The number of methoxy groups -OCH3 is 1. The Bertz CT molecular complexity index is 994. The molecule has 0 spiro atoms. The van der Waals surface area contributed by atoms with Gasteiger partial charge in [0.25, 0.3) is 0 Å². The molecular weight excluding hydrogens is 336 g/mol. The van der Waals surface area contributed by atoms with Gasteiger partial charge in [-0.15, -0.1) is 0 Å². The van der Waals surface area contributed by atoms with Gasteiger partial charge in [0.1, 0.15) is 18.1 Å². The van der Waals surface area contributed by atoms with Crippen LogP contribution in [0.25, 0.3) is 5.69 Å². The zero-order chi connectivity index (χ0) is 18.7. The quantitative estimate of drug-likeness (QED) is 0.491. The summed E-state index contributed by atoms with van der Waals surface area (Å²) in [6.45, 7) is 0. The van der Waals surface area contributed by atoms with E-state index >= 15 is 0 Å². The molecule has 0 radical (unpaired) electrons. The molecule has 8 heteroatoms. The van der Waals surface area contributed by atoms with Gasteiger partial charge in [0.05, 0.1) is 7.11 Å². The minimum absolute atomic E-state index is 0.115. The summed E-state index contributed by atoms with van der Waals surface area (Å²) in [7, 11) is 1.57. The van der Waals surface area contributed by atoms with E-state index in [2.05, 4.69) is 9.98 Å². The lowest BCUT2D eigenvalue weighted by molar-refractivity contribution is 0.368. The first kappa shape index (κ1) is 16.9. The van der Waals surface area contributed by atoms with Crippen LogP contribution in [0.1, 0.15) is 11.3 Å². The van der Waals surface area contributed by atoms with E-state index in [-0.39, 0.29) is 11.5 Å². The van der Waals surface area contributed by atoms with Crippen LogP contribution in [0.2, 0.25) is 0 Å². The van der Waals surface area contributed by atoms with Gasteiger partial charge in [-0.3, -0.25) is 4.57 Å². The Kier molecular flexibility index (Phi) is 4.45. The summed E-state index contributed by atoms with van der Waals surface area (Å²) in [4.78, 5) is 8.29. The number of aliphatic imine (C=N–C) groups is 1. The molecule has 130 valence electrons. The Balaban J connectivity index is 2.02. The second-order valence-electron chi connectivity index (χ2n) is 5.26. The molecule has 1 aromatic heterocycles. The number of ether oxygens (including phenoxy) is 1. The number of nitrogens with zero attached hydrogens (tertiary/aromatic N) is 4. The van der Waals surface area contributed by atoms with Gasteiger partial charge < -0.3 is 20.1 Å². The summed E-state index contributed by atoms with van der Waals surface area (Å²) in [6.07, 6.45) is 2.82. The molecule has 26 heavy (non-hydrogen) atoms. The average Bonchev–Trinajstić information content (AvgIpc) is 3.07. The van der Waals surface area contributed by atoms with Crippen molar-refractivity contribution in [1.82, 2.24) is 9.55 Å². The van der Waals surface area contributed by atoms with E-state index < -0.39 is 17.2 Å². The molecule has 1 heterocycles. The fourth-order valence-electron chi connectivity index (χ4n) is 2.31. The van der Waals surface area contributed by atoms with Gasteiger partial charge in [0, 0.05) is 17.5 Å². The Labute approximate surface area is 148 Å². The summed E-state index contributed by atoms with van der Waals surface area (Å²) in [5.41, 5.74) is 1.18. The van der Waals surface area contributed by atoms with Gasteiger partial charge in [-0.25, -0.2) is 9.98 Å². The molecule has 2 aromatic carbocycles. The molecule has 0 aliphatic carbocycles. The fraction of sp³-hybridized carbons (Fsp3) is 0.0556. The first-order valence-corrected chi connectivity index (χ1v) is 7.44. The molecule has 0 fully saturated rings. The number of aromatic nitrogens is 2. The smallest absolute Gasteiger partial charge is 0.200 e. The number of nitriles is 1. The maximum Gasteiger partial charge on any atom is 0.200 e. The van der Waals surface area contributed by atoms with Gasteiger partial charge in [0.15, 0.2) is 28.8 Å². The van der Waals surface area contributed by atoms with E-state index in [4.69, 9.17) is 4.74 Å². The van der Waals surface area contributed by atoms with Crippen LogP contribution < -0.4 is 4.74 Å². The SMILES string of the molecule is COc1ccc(-n2cnc(C#N)c2N=Cc2cc(O)c(O)c(O)c2)cc1. The number of imidazole rings is 1. The van der Waals surface area contributed by atoms with E-state index in [1.807, 2.05) is 6.07 Å². The van der Waals surface area contributed by atoms with Crippen LogP contribution in [-0.2, 0) is 0 Å². The maximum atomic E-state index is 9.57. The number of benzene rings is 2. The average molecular weight is 350 g/mol. The first-order chi connectivity index (χ1) is 12.5. The molecule has 0 aliphatic rings. The van der Waals surface area contributed by atoms with Gasteiger partial charge in [-0.05, 0) is 36.4 Å². The van der Waals surface area contributed by atoms with Gasteiger partial charge >= 0.3 is 0 Å². The van der Waals surface area contributed by atoms with Gasteiger partial charge in [0.2, 0.25) is 0 Å². The zero-order valence-electron chi connectivity index (χ0n) is 13.7. The van der Waals surface area contributed by atoms with Crippen LogP contribution in [0, 0.1) is 11.3 Å². The summed E-state index contributed by atoms with van der Waals surface area (Å²) in [6, 6.07) is 11.6. The van der Waals surface area contributed by atoms with Crippen molar-refractivity contribution in [2.75, 3.05) is 7.11 Å². The monoisotopic (exact) mass is 350 g/mol. The van der Waals surface area contributed by atoms with Crippen molar-refractivity contribution in [3.05, 3.63) is 54.0 Å². The molecule has 0 saturated heterocycles. The third-order valence-corrected chi connectivity index (χ3v) is 3.63. The predicted molar refractivity (Wildman–Crippen MR) is 93.5 cm³/mol. The van der Waals surface area contributed by atoms with Gasteiger partial charge in [-0.1, -0.05) is 0 Å². The van der Waals surface area contributed by atoms with E-state index in [1.54, 1.807) is 35.9 Å². The Morgan fingerprint density at radius 2 is 1.81 bits per heavy atom. The second-order valence-corrected chi connectivity index (χ2v) is 5.26. The molecule has 0 amide bonds. The Morgan fingerprint density at radius 1 is 1.15 bits per heavy atom. The van der Waals surface area contributed by atoms with E-state index in [1.165, 1.54) is 24.7 Å². The number of hydrogen-bond acceptors (Lipinski definition) is 7. The van der Waals surface area contributed by atoms with Crippen molar-refractivity contribution in [2.45, 2.75) is 0 Å². The lowest BCUT2D eigenvalue weighted by Crippen LogP contribution is -1.93. The van der Waals surface area contributed by atoms with Crippen LogP contribution in [-0.4, -0.2) is 38.2 Å². The van der Waals surface area contributed by atoms with Crippen molar-refractivity contribution in [3.63, 3.8) is 0 Å². The van der Waals surface area contributed by atoms with E-state index in [0.717, 1.165) is 5.69 Å². The van der Waals surface area contributed by atoms with Gasteiger partial charge in [-0.2, -0.15) is 5.26 Å². The molecule has 0 atom stereocenters. The van der Waals surface area contributed by atoms with Crippen molar-refractivity contribution < 1.29 is 20.1 Å². The summed E-state index contributed by atoms with van der Waals surface area (Å²) in [5, 5.41) is 37.8. The minimum Gasteiger partial charge on any atom is -0.504 e. The highest BCUT2D eigenvalue weighted by Gasteiger charge is 2.12.